The molecule has 0 saturated heterocycles. The van der Waals surface area contributed by atoms with Gasteiger partial charge >= 0.3 is 0 Å². The van der Waals surface area contributed by atoms with Crippen LogP contribution in [0.4, 0.5) is 14.5 Å². The summed E-state index contributed by atoms with van der Waals surface area (Å²) in [4.78, 5) is 13.4. The molecule has 1 atom stereocenters. The second-order valence-corrected chi connectivity index (χ2v) is 4.92. The Morgan fingerprint density at radius 3 is 2.62 bits per heavy atom. The van der Waals surface area contributed by atoms with Gasteiger partial charge in [-0.1, -0.05) is 6.08 Å². The highest BCUT2D eigenvalue weighted by Gasteiger charge is 2.12. The number of anilines is 1. The predicted octanol–water partition coefficient (Wildman–Crippen LogP) is 2.16. The maximum absolute atomic E-state index is 13.0. The molecule has 1 unspecified atom stereocenters. The number of hydrogen-bond donors (Lipinski definition) is 2. The average molecular weight is 298 g/mol. The molecule has 0 fully saturated rings. The highest BCUT2D eigenvalue weighted by Crippen LogP contribution is 2.12. The number of allylic oxidation sites excluding steroid dienone is 1. The fourth-order valence-corrected chi connectivity index (χ4v) is 1.90. The molecule has 0 saturated carbocycles. The van der Waals surface area contributed by atoms with Gasteiger partial charge in [0.15, 0.2) is 0 Å². The largest absolute Gasteiger partial charge is 0.392 e. The Kier molecular flexibility index (Phi) is 6.98. The Labute approximate surface area is 123 Å². The van der Waals surface area contributed by atoms with Gasteiger partial charge in [-0.2, -0.15) is 0 Å². The summed E-state index contributed by atoms with van der Waals surface area (Å²) in [6, 6.07) is 2.82. The van der Waals surface area contributed by atoms with Crippen LogP contribution in [0.25, 0.3) is 0 Å². The number of aliphatic hydroxyl groups is 1. The van der Waals surface area contributed by atoms with Gasteiger partial charge < -0.3 is 10.4 Å². The minimum atomic E-state index is -0.751. The molecule has 1 aromatic rings. The van der Waals surface area contributed by atoms with Crippen molar-refractivity contribution in [2.75, 3.05) is 25.5 Å². The number of nitrogens with one attached hydrogen (secondary N) is 1. The van der Waals surface area contributed by atoms with E-state index in [0.29, 0.717) is 19.4 Å². The van der Waals surface area contributed by atoms with Gasteiger partial charge in [0.2, 0.25) is 5.91 Å². The van der Waals surface area contributed by atoms with Gasteiger partial charge in [0.05, 0.1) is 12.6 Å². The van der Waals surface area contributed by atoms with Crippen molar-refractivity contribution in [1.82, 2.24) is 4.90 Å². The molecule has 0 aromatic heterocycles. The lowest BCUT2D eigenvalue weighted by atomic mass is 10.2. The van der Waals surface area contributed by atoms with Crippen LogP contribution >= 0.6 is 0 Å². The molecule has 0 bridgehead atoms. The molecule has 1 amide bonds. The van der Waals surface area contributed by atoms with Gasteiger partial charge in [-0.05, 0) is 32.0 Å². The number of amides is 1. The van der Waals surface area contributed by atoms with E-state index in [0.717, 1.165) is 18.2 Å². The van der Waals surface area contributed by atoms with E-state index < -0.39 is 23.6 Å². The number of hydrogen-bond acceptors (Lipinski definition) is 3. The number of nitrogens with zero attached hydrogens (tertiary/aromatic N) is 1. The standard InChI is InChI=1S/C15H20F2N2O2/c1-3-4-5-14(20)9-19(2)10-15(21)18-13-7-11(16)6-12(17)8-13/h3,6-8,14,20H,1,4-5,9-10H2,2H3,(H,18,21). The molecule has 0 aliphatic carbocycles. The van der Waals surface area contributed by atoms with Gasteiger partial charge in [-0.3, -0.25) is 9.69 Å². The molecule has 4 nitrogen and oxygen atoms in total. The van der Waals surface area contributed by atoms with Crippen LogP contribution in [0.2, 0.25) is 0 Å². The van der Waals surface area contributed by atoms with E-state index in [1.54, 1.807) is 18.0 Å². The van der Waals surface area contributed by atoms with Crippen LogP contribution in [-0.2, 0) is 4.79 Å². The summed E-state index contributed by atoms with van der Waals surface area (Å²) in [6.07, 6.45) is 2.44. The second-order valence-electron chi connectivity index (χ2n) is 4.92. The summed E-state index contributed by atoms with van der Waals surface area (Å²) in [5, 5.41) is 12.1. The van der Waals surface area contributed by atoms with Crippen LogP contribution < -0.4 is 5.32 Å². The summed E-state index contributed by atoms with van der Waals surface area (Å²) in [7, 11) is 1.68. The van der Waals surface area contributed by atoms with Gasteiger partial charge in [0, 0.05) is 18.3 Å². The van der Waals surface area contributed by atoms with Gasteiger partial charge in [-0.15, -0.1) is 6.58 Å². The maximum atomic E-state index is 13.0. The summed E-state index contributed by atoms with van der Waals surface area (Å²) >= 11 is 0. The zero-order chi connectivity index (χ0) is 15.8. The van der Waals surface area contributed by atoms with Crippen LogP contribution in [-0.4, -0.2) is 42.2 Å². The Hall–Kier alpha value is -1.79. The first kappa shape index (κ1) is 17.3. The first-order valence-electron chi connectivity index (χ1n) is 6.64. The maximum Gasteiger partial charge on any atom is 0.238 e. The zero-order valence-electron chi connectivity index (χ0n) is 12.0. The third kappa shape index (κ3) is 6.97. The number of benzene rings is 1. The molecule has 2 N–H and O–H groups in total. The van der Waals surface area contributed by atoms with Crippen LogP contribution in [0.15, 0.2) is 30.9 Å². The second kappa shape index (κ2) is 8.49. The molecule has 0 aliphatic rings. The van der Waals surface area contributed by atoms with Crippen molar-refractivity contribution < 1.29 is 18.7 Å². The van der Waals surface area contributed by atoms with Crippen LogP contribution in [0.5, 0.6) is 0 Å². The van der Waals surface area contributed by atoms with E-state index in [1.807, 2.05) is 0 Å². The number of rotatable bonds is 8. The number of aliphatic hydroxyl groups excluding tert-OH is 1. The van der Waals surface area contributed by atoms with Crippen molar-refractivity contribution in [3.05, 3.63) is 42.5 Å². The number of likely N-dealkylation sites (N-methyl/N-ethyl adjacent to an activating group) is 1. The number of carbonyl (C=O) groups excluding carboxylic acids is 1. The first-order chi connectivity index (χ1) is 9.90. The fourth-order valence-electron chi connectivity index (χ4n) is 1.90. The molecule has 6 heteroatoms. The molecule has 0 spiro atoms. The molecule has 116 valence electrons. The zero-order valence-corrected chi connectivity index (χ0v) is 12.0. The molecule has 0 aliphatic heterocycles. The summed E-state index contributed by atoms with van der Waals surface area (Å²) in [5.74, 6) is -1.91. The minimum absolute atomic E-state index is 0.0171. The molecule has 0 heterocycles. The van der Waals surface area contributed by atoms with Crippen molar-refractivity contribution in [3.8, 4) is 0 Å². The van der Waals surface area contributed by atoms with E-state index in [1.165, 1.54) is 0 Å². The SMILES string of the molecule is C=CCCC(O)CN(C)CC(=O)Nc1cc(F)cc(F)c1. The van der Waals surface area contributed by atoms with Gasteiger partial charge in [0.25, 0.3) is 0 Å². The van der Waals surface area contributed by atoms with E-state index in [4.69, 9.17) is 0 Å². The summed E-state index contributed by atoms with van der Waals surface area (Å²) < 4.78 is 26.0. The average Bonchev–Trinajstić information content (AvgIpc) is 2.34. The van der Waals surface area contributed by atoms with Gasteiger partial charge in [-0.25, -0.2) is 8.78 Å². The van der Waals surface area contributed by atoms with E-state index in [2.05, 4.69) is 11.9 Å². The van der Waals surface area contributed by atoms with E-state index in [9.17, 15) is 18.7 Å². The normalized spacial score (nSPS) is 12.2. The number of halogens is 2. The lowest BCUT2D eigenvalue weighted by Crippen LogP contribution is -2.35. The van der Waals surface area contributed by atoms with E-state index in [-0.39, 0.29) is 12.2 Å². The van der Waals surface area contributed by atoms with Crippen molar-refractivity contribution in [2.45, 2.75) is 18.9 Å². The quantitative estimate of drug-likeness (QED) is 0.723. The molecule has 21 heavy (non-hydrogen) atoms. The van der Waals surface area contributed by atoms with Crippen molar-refractivity contribution >= 4 is 11.6 Å². The lowest BCUT2D eigenvalue weighted by molar-refractivity contribution is -0.117. The molecule has 1 rings (SSSR count). The Balaban J connectivity index is 2.43. The topological polar surface area (TPSA) is 52.6 Å². The van der Waals surface area contributed by atoms with Crippen LogP contribution in [0, 0.1) is 11.6 Å². The molecule has 0 radical (unpaired) electrons. The Morgan fingerprint density at radius 2 is 2.05 bits per heavy atom. The lowest BCUT2D eigenvalue weighted by Gasteiger charge is -2.19. The van der Waals surface area contributed by atoms with Crippen LogP contribution in [0.3, 0.4) is 0 Å². The van der Waals surface area contributed by atoms with Crippen LogP contribution in [0.1, 0.15) is 12.8 Å². The third-order valence-corrected chi connectivity index (χ3v) is 2.79. The summed E-state index contributed by atoms with van der Waals surface area (Å²) in [5.41, 5.74) is 0.0677. The monoisotopic (exact) mass is 298 g/mol. The predicted molar refractivity (Wildman–Crippen MR) is 77.9 cm³/mol. The highest BCUT2D eigenvalue weighted by molar-refractivity contribution is 5.92. The highest BCUT2D eigenvalue weighted by atomic mass is 19.1. The van der Waals surface area contributed by atoms with Crippen molar-refractivity contribution in [2.24, 2.45) is 0 Å². The van der Waals surface area contributed by atoms with Crippen molar-refractivity contribution in [1.29, 1.82) is 0 Å². The molecular weight excluding hydrogens is 278 g/mol. The number of carbonyl (C=O) groups is 1. The third-order valence-electron chi connectivity index (χ3n) is 2.79. The first-order valence-corrected chi connectivity index (χ1v) is 6.64. The molecular formula is C15H20F2N2O2. The van der Waals surface area contributed by atoms with E-state index >= 15 is 0 Å². The fraction of sp³-hybridized carbons (Fsp3) is 0.400. The summed E-state index contributed by atoms with van der Waals surface area (Å²) in [6.45, 7) is 3.92. The van der Waals surface area contributed by atoms with Crippen molar-refractivity contribution in [3.63, 3.8) is 0 Å². The van der Waals surface area contributed by atoms with Gasteiger partial charge in [0.1, 0.15) is 11.6 Å². The Bertz CT molecular complexity index is 474. The molecule has 1 aromatic carbocycles. The smallest absolute Gasteiger partial charge is 0.238 e. The Morgan fingerprint density at radius 1 is 1.43 bits per heavy atom. The minimum Gasteiger partial charge on any atom is -0.392 e.